The molecule has 2 aromatic rings. The Balaban J connectivity index is 2.17. The molecule has 1 aromatic heterocycles. The van der Waals surface area contributed by atoms with E-state index >= 15 is 0 Å². The quantitative estimate of drug-likeness (QED) is 0.840. The highest BCUT2D eigenvalue weighted by Gasteiger charge is 2.10. The minimum absolute atomic E-state index is 0.219. The highest BCUT2D eigenvalue weighted by atomic mass is 79.9. The number of methoxy groups -OCH3 is 1. The van der Waals surface area contributed by atoms with Crippen molar-refractivity contribution in [3.63, 3.8) is 0 Å². The molecule has 0 atom stereocenters. The number of hydrogen-bond donors (Lipinski definition) is 2. The molecule has 0 bridgehead atoms. The van der Waals surface area contributed by atoms with Gasteiger partial charge in [-0.05, 0) is 23.8 Å². The lowest BCUT2D eigenvalue weighted by molar-refractivity contribution is 0.0594. The van der Waals surface area contributed by atoms with Crippen molar-refractivity contribution in [1.29, 1.82) is 0 Å². The van der Waals surface area contributed by atoms with Gasteiger partial charge in [-0.3, -0.25) is 0 Å². The third-order valence-electron chi connectivity index (χ3n) is 2.73. The summed E-state index contributed by atoms with van der Waals surface area (Å²) in [6.45, 7) is 0.545. The first kappa shape index (κ1) is 14.3. The Hall–Kier alpha value is -2.08. The Bertz CT molecular complexity index is 632. The van der Waals surface area contributed by atoms with Crippen LogP contribution < -0.4 is 11.1 Å². The van der Waals surface area contributed by atoms with Crippen LogP contribution in [-0.2, 0) is 11.3 Å². The number of nitrogens with zero attached hydrogens (tertiary/aromatic N) is 1. The zero-order valence-corrected chi connectivity index (χ0v) is 12.5. The zero-order valence-electron chi connectivity index (χ0n) is 10.9. The number of esters is 1. The number of anilines is 2. The van der Waals surface area contributed by atoms with Crippen molar-refractivity contribution < 1.29 is 9.53 Å². The van der Waals surface area contributed by atoms with Gasteiger partial charge in [0.15, 0.2) is 5.69 Å². The lowest BCUT2D eigenvalue weighted by Gasteiger charge is -2.10. The second-order valence-electron chi connectivity index (χ2n) is 4.07. The second-order valence-corrected chi connectivity index (χ2v) is 4.93. The van der Waals surface area contributed by atoms with Crippen LogP contribution in [0.3, 0.4) is 0 Å². The molecule has 1 heterocycles. The van der Waals surface area contributed by atoms with Gasteiger partial charge in [0.05, 0.1) is 12.8 Å². The predicted octanol–water partition coefficient (Wildman–Crippen LogP) is 2.83. The number of benzene rings is 1. The fourth-order valence-corrected chi connectivity index (χ4v) is 2.08. The summed E-state index contributed by atoms with van der Waals surface area (Å²) in [4.78, 5) is 15.6. The molecule has 0 unspecified atom stereocenters. The number of rotatable bonds is 4. The summed E-state index contributed by atoms with van der Waals surface area (Å²) in [7, 11) is 1.31. The van der Waals surface area contributed by atoms with Crippen molar-refractivity contribution in [2.24, 2.45) is 0 Å². The Labute approximate surface area is 125 Å². The minimum atomic E-state index is -0.492. The Morgan fingerprint density at radius 2 is 2.10 bits per heavy atom. The molecule has 0 aliphatic heterocycles. The number of aromatic nitrogens is 1. The van der Waals surface area contributed by atoms with Crippen LogP contribution in [-0.4, -0.2) is 18.1 Å². The fourth-order valence-electron chi connectivity index (χ4n) is 1.65. The van der Waals surface area contributed by atoms with Gasteiger partial charge in [-0.1, -0.05) is 34.1 Å². The maximum absolute atomic E-state index is 11.4. The standard InChI is InChI=1S/C14H14BrN3O2/c1-20-14(19)12-7-6-11(16)13(18-12)17-8-9-4-2-3-5-10(9)15/h2-7H,8,16H2,1H3,(H,17,18). The molecule has 0 fully saturated rings. The summed E-state index contributed by atoms with van der Waals surface area (Å²) < 4.78 is 5.63. The van der Waals surface area contributed by atoms with Crippen LogP contribution in [0.1, 0.15) is 16.1 Å². The monoisotopic (exact) mass is 335 g/mol. The largest absolute Gasteiger partial charge is 0.464 e. The average molecular weight is 336 g/mol. The first-order valence-electron chi connectivity index (χ1n) is 5.94. The van der Waals surface area contributed by atoms with E-state index in [4.69, 9.17) is 5.73 Å². The highest BCUT2D eigenvalue weighted by Crippen LogP contribution is 2.20. The molecule has 104 valence electrons. The van der Waals surface area contributed by atoms with E-state index in [0.29, 0.717) is 18.1 Å². The van der Waals surface area contributed by atoms with Crippen LogP contribution in [0.25, 0.3) is 0 Å². The number of halogens is 1. The van der Waals surface area contributed by atoms with E-state index in [1.807, 2.05) is 24.3 Å². The Kier molecular flexibility index (Phi) is 4.57. The minimum Gasteiger partial charge on any atom is -0.464 e. The summed E-state index contributed by atoms with van der Waals surface area (Å²) >= 11 is 3.47. The Morgan fingerprint density at radius 3 is 2.80 bits per heavy atom. The second kappa shape index (κ2) is 6.38. The third kappa shape index (κ3) is 3.27. The highest BCUT2D eigenvalue weighted by molar-refractivity contribution is 9.10. The van der Waals surface area contributed by atoms with Gasteiger partial charge in [0.2, 0.25) is 0 Å². The molecule has 0 saturated heterocycles. The maximum atomic E-state index is 11.4. The predicted molar refractivity (Wildman–Crippen MR) is 81.5 cm³/mol. The summed E-state index contributed by atoms with van der Waals surface area (Å²) in [5.41, 5.74) is 7.61. The lowest BCUT2D eigenvalue weighted by atomic mass is 10.2. The smallest absolute Gasteiger partial charge is 0.356 e. The van der Waals surface area contributed by atoms with Crippen molar-refractivity contribution in [3.8, 4) is 0 Å². The summed E-state index contributed by atoms with van der Waals surface area (Å²) in [5.74, 6) is -0.0300. The molecule has 20 heavy (non-hydrogen) atoms. The van der Waals surface area contributed by atoms with Gasteiger partial charge in [-0.15, -0.1) is 0 Å². The van der Waals surface area contributed by atoms with Crippen LogP contribution in [0.2, 0.25) is 0 Å². The van der Waals surface area contributed by atoms with Crippen molar-refractivity contribution in [1.82, 2.24) is 4.98 Å². The Morgan fingerprint density at radius 1 is 1.35 bits per heavy atom. The molecule has 0 saturated carbocycles. The molecule has 6 heteroatoms. The number of carbonyl (C=O) groups excluding carboxylic acids is 1. The number of nitrogens with two attached hydrogens (primary N) is 1. The van der Waals surface area contributed by atoms with Crippen LogP contribution in [0.5, 0.6) is 0 Å². The summed E-state index contributed by atoms with van der Waals surface area (Å²) in [6, 6.07) is 11.0. The van der Waals surface area contributed by atoms with E-state index in [1.165, 1.54) is 13.2 Å². The van der Waals surface area contributed by atoms with Gasteiger partial charge in [0.1, 0.15) is 5.82 Å². The van der Waals surface area contributed by atoms with E-state index < -0.39 is 5.97 Å². The molecule has 5 nitrogen and oxygen atoms in total. The summed E-state index contributed by atoms with van der Waals surface area (Å²) in [5, 5.41) is 3.12. The van der Waals surface area contributed by atoms with Gasteiger partial charge in [0.25, 0.3) is 0 Å². The first-order chi connectivity index (χ1) is 9.61. The first-order valence-corrected chi connectivity index (χ1v) is 6.73. The molecule has 0 radical (unpaired) electrons. The van der Waals surface area contributed by atoms with Crippen LogP contribution in [0.15, 0.2) is 40.9 Å². The molecule has 3 N–H and O–H groups in total. The van der Waals surface area contributed by atoms with Gasteiger partial charge in [-0.2, -0.15) is 0 Å². The van der Waals surface area contributed by atoms with Crippen LogP contribution >= 0.6 is 15.9 Å². The van der Waals surface area contributed by atoms with E-state index in [-0.39, 0.29) is 5.69 Å². The SMILES string of the molecule is COC(=O)c1ccc(N)c(NCc2ccccc2Br)n1. The zero-order chi connectivity index (χ0) is 14.5. The molecule has 1 aromatic carbocycles. The van der Waals surface area contributed by atoms with E-state index in [0.717, 1.165) is 10.0 Å². The van der Waals surface area contributed by atoms with E-state index in [1.54, 1.807) is 6.07 Å². The number of nitrogens with one attached hydrogen (secondary N) is 1. The molecule has 0 aliphatic carbocycles. The van der Waals surface area contributed by atoms with Crippen molar-refractivity contribution >= 4 is 33.4 Å². The normalized spacial score (nSPS) is 10.1. The van der Waals surface area contributed by atoms with Gasteiger partial charge >= 0.3 is 5.97 Å². The van der Waals surface area contributed by atoms with Crippen molar-refractivity contribution in [2.75, 3.05) is 18.2 Å². The van der Waals surface area contributed by atoms with Gasteiger partial charge in [0, 0.05) is 11.0 Å². The molecular weight excluding hydrogens is 322 g/mol. The number of carbonyl (C=O) groups is 1. The van der Waals surface area contributed by atoms with E-state index in [2.05, 4.69) is 31.0 Å². The van der Waals surface area contributed by atoms with Crippen LogP contribution in [0, 0.1) is 0 Å². The number of pyridine rings is 1. The van der Waals surface area contributed by atoms with Gasteiger partial charge in [-0.25, -0.2) is 9.78 Å². The molecule has 0 amide bonds. The van der Waals surface area contributed by atoms with Crippen molar-refractivity contribution in [3.05, 3.63) is 52.1 Å². The number of hydrogen-bond acceptors (Lipinski definition) is 5. The van der Waals surface area contributed by atoms with Gasteiger partial charge < -0.3 is 15.8 Å². The van der Waals surface area contributed by atoms with Crippen molar-refractivity contribution in [2.45, 2.75) is 6.54 Å². The molecular formula is C14H14BrN3O2. The third-order valence-corrected chi connectivity index (χ3v) is 3.50. The molecule has 0 spiro atoms. The lowest BCUT2D eigenvalue weighted by Crippen LogP contribution is -2.10. The topological polar surface area (TPSA) is 77.2 Å². The molecule has 2 rings (SSSR count). The number of nitrogen functional groups attached to an aromatic ring is 1. The van der Waals surface area contributed by atoms with E-state index in [9.17, 15) is 4.79 Å². The maximum Gasteiger partial charge on any atom is 0.356 e. The summed E-state index contributed by atoms with van der Waals surface area (Å²) in [6.07, 6.45) is 0. The number of ether oxygens (including phenoxy) is 1. The average Bonchev–Trinajstić information content (AvgIpc) is 2.47. The van der Waals surface area contributed by atoms with Crippen LogP contribution in [0.4, 0.5) is 11.5 Å². The fraction of sp³-hybridized carbons (Fsp3) is 0.143. The molecule has 0 aliphatic rings.